The van der Waals surface area contributed by atoms with E-state index in [1.807, 2.05) is 0 Å². The first-order valence-corrected chi connectivity index (χ1v) is 7.74. The molecule has 112 valence electrons. The zero-order valence-corrected chi connectivity index (χ0v) is 12.8. The van der Waals surface area contributed by atoms with E-state index >= 15 is 0 Å². The fourth-order valence-electron chi connectivity index (χ4n) is 3.33. The van der Waals surface area contributed by atoms with Crippen LogP contribution in [0.3, 0.4) is 0 Å². The first-order chi connectivity index (χ1) is 10.2. The number of aromatic nitrogens is 2. The molecule has 0 bridgehead atoms. The molecule has 0 radical (unpaired) electrons. The van der Waals surface area contributed by atoms with Gasteiger partial charge in [0.25, 0.3) is 0 Å². The number of rotatable bonds is 3. The van der Waals surface area contributed by atoms with Crippen LogP contribution in [0.15, 0.2) is 24.5 Å². The second kappa shape index (κ2) is 5.98. The third kappa shape index (κ3) is 2.86. The summed E-state index contributed by atoms with van der Waals surface area (Å²) in [5.74, 6) is 1.51. The molecule has 1 aromatic carbocycles. The van der Waals surface area contributed by atoms with E-state index in [2.05, 4.69) is 47.0 Å². The average molecular weight is 285 g/mol. The van der Waals surface area contributed by atoms with Crippen molar-refractivity contribution in [1.82, 2.24) is 9.97 Å². The third-order valence-corrected chi connectivity index (χ3v) is 4.73. The van der Waals surface area contributed by atoms with Crippen LogP contribution >= 0.6 is 0 Å². The van der Waals surface area contributed by atoms with Gasteiger partial charge in [0.05, 0.1) is 5.52 Å². The Balaban J connectivity index is 1.88. The van der Waals surface area contributed by atoms with Crippen LogP contribution in [-0.2, 0) is 0 Å². The number of nitrogens with zero attached hydrogens (tertiary/aromatic N) is 3. The zero-order chi connectivity index (χ0) is 14.8. The summed E-state index contributed by atoms with van der Waals surface area (Å²) in [6.07, 6.45) is 6.11. The van der Waals surface area contributed by atoms with E-state index in [0.29, 0.717) is 18.6 Å². The zero-order valence-electron chi connectivity index (χ0n) is 12.8. The van der Waals surface area contributed by atoms with Gasteiger partial charge in [-0.15, -0.1) is 0 Å². The van der Waals surface area contributed by atoms with Crippen LogP contribution in [0.1, 0.15) is 31.2 Å². The highest BCUT2D eigenvalue weighted by Crippen LogP contribution is 2.31. The van der Waals surface area contributed by atoms with Gasteiger partial charge in [0.2, 0.25) is 0 Å². The average Bonchev–Trinajstić information content (AvgIpc) is 2.53. The second-order valence-electron chi connectivity index (χ2n) is 6.19. The fourth-order valence-corrected chi connectivity index (χ4v) is 3.33. The van der Waals surface area contributed by atoms with E-state index in [1.165, 1.54) is 5.56 Å². The van der Waals surface area contributed by atoms with Crippen LogP contribution in [0.5, 0.6) is 0 Å². The molecule has 0 spiro atoms. The summed E-state index contributed by atoms with van der Waals surface area (Å²) in [6, 6.07) is 6.82. The van der Waals surface area contributed by atoms with Gasteiger partial charge < -0.3 is 10.0 Å². The number of aliphatic hydroxyl groups excluding tert-OH is 1. The van der Waals surface area contributed by atoms with Crippen LogP contribution in [-0.4, -0.2) is 34.8 Å². The van der Waals surface area contributed by atoms with Crippen molar-refractivity contribution in [3.8, 4) is 0 Å². The van der Waals surface area contributed by atoms with E-state index < -0.39 is 0 Å². The van der Waals surface area contributed by atoms with E-state index in [-0.39, 0.29) is 0 Å². The number of hydrogen-bond acceptors (Lipinski definition) is 4. The van der Waals surface area contributed by atoms with Crippen LogP contribution < -0.4 is 4.90 Å². The van der Waals surface area contributed by atoms with Crippen molar-refractivity contribution in [2.45, 2.75) is 38.6 Å². The van der Waals surface area contributed by atoms with Crippen molar-refractivity contribution in [2.24, 2.45) is 5.92 Å². The lowest BCUT2D eigenvalue weighted by Crippen LogP contribution is -2.36. The highest BCUT2D eigenvalue weighted by Gasteiger charge is 2.25. The molecule has 4 heteroatoms. The van der Waals surface area contributed by atoms with Gasteiger partial charge >= 0.3 is 0 Å². The van der Waals surface area contributed by atoms with Gasteiger partial charge in [0, 0.05) is 25.1 Å². The molecule has 4 nitrogen and oxygen atoms in total. The Morgan fingerprint density at radius 1 is 1.19 bits per heavy atom. The number of fused-ring (bicyclic) bond motifs is 1. The van der Waals surface area contributed by atoms with Crippen LogP contribution in [0, 0.1) is 12.8 Å². The monoisotopic (exact) mass is 285 g/mol. The first kappa shape index (κ1) is 14.3. The lowest BCUT2D eigenvalue weighted by molar-refractivity contribution is 0.182. The maximum atomic E-state index is 9.27. The van der Waals surface area contributed by atoms with E-state index in [1.54, 1.807) is 6.33 Å². The standard InChI is InChI=1S/C17H23N3O/c1-12-3-8-16-15(9-12)17(19-11-18-16)20(2)14-6-4-13(10-21)5-7-14/h3,8-9,11,13-14,21H,4-7,10H2,1-2H3. The van der Waals surface area contributed by atoms with Crippen molar-refractivity contribution in [3.63, 3.8) is 0 Å². The number of aryl methyl sites for hydroxylation is 1. The number of benzene rings is 1. The Labute approximate surface area is 125 Å². The topological polar surface area (TPSA) is 49.2 Å². The molecule has 3 rings (SSSR count). The van der Waals surface area contributed by atoms with Crippen LogP contribution in [0.25, 0.3) is 10.9 Å². The SMILES string of the molecule is Cc1ccc2ncnc(N(C)C3CCC(CO)CC3)c2c1. The minimum absolute atomic E-state index is 0.325. The molecule has 0 atom stereocenters. The van der Waals surface area contributed by atoms with E-state index in [0.717, 1.165) is 42.4 Å². The number of aliphatic hydroxyl groups is 1. The molecule has 2 aromatic rings. The summed E-state index contributed by atoms with van der Waals surface area (Å²) in [6.45, 7) is 2.43. The molecule has 1 saturated carbocycles. The van der Waals surface area contributed by atoms with Gasteiger partial charge in [-0.2, -0.15) is 0 Å². The quantitative estimate of drug-likeness (QED) is 0.942. The fraction of sp³-hybridized carbons (Fsp3) is 0.529. The molecule has 21 heavy (non-hydrogen) atoms. The molecule has 1 fully saturated rings. The maximum Gasteiger partial charge on any atom is 0.139 e. The molecule has 1 aliphatic rings. The van der Waals surface area contributed by atoms with Crippen molar-refractivity contribution < 1.29 is 5.11 Å². The lowest BCUT2D eigenvalue weighted by atomic mass is 9.86. The summed E-state index contributed by atoms with van der Waals surface area (Å²) in [5.41, 5.74) is 2.23. The normalized spacial score (nSPS) is 22.4. The van der Waals surface area contributed by atoms with Gasteiger partial charge in [-0.25, -0.2) is 9.97 Å². The Morgan fingerprint density at radius 2 is 1.95 bits per heavy atom. The molecule has 1 heterocycles. The Hall–Kier alpha value is -1.68. The molecule has 0 unspecified atom stereocenters. The van der Waals surface area contributed by atoms with E-state index in [9.17, 15) is 5.11 Å². The molecular formula is C17H23N3O. The highest BCUT2D eigenvalue weighted by atomic mass is 16.3. The molecule has 0 saturated heterocycles. The summed E-state index contributed by atoms with van der Waals surface area (Å²) in [7, 11) is 2.13. The van der Waals surface area contributed by atoms with Crippen molar-refractivity contribution in [3.05, 3.63) is 30.1 Å². The second-order valence-corrected chi connectivity index (χ2v) is 6.19. The third-order valence-electron chi connectivity index (χ3n) is 4.73. The maximum absolute atomic E-state index is 9.27. The molecular weight excluding hydrogens is 262 g/mol. The van der Waals surface area contributed by atoms with Crippen molar-refractivity contribution >= 4 is 16.7 Å². The van der Waals surface area contributed by atoms with Crippen molar-refractivity contribution in [2.75, 3.05) is 18.6 Å². The van der Waals surface area contributed by atoms with Crippen molar-refractivity contribution in [1.29, 1.82) is 0 Å². The van der Waals surface area contributed by atoms with Gasteiger partial charge in [0.1, 0.15) is 12.1 Å². The highest BCUT2D eigenvalue weighted by molar-refractivity contribution is 5.89. The van der Waals surface area contributed by atoms with Crippen LogP contribution in [0.4, 0.5) is 5.82 Å². The molecule has 1 N–H and O–H groups in total. The minimum Gasteiger partial charge on any atom is -0.396 e. The predicted octanol–water partition coefficient (Wildman–Crippen LogP) is 2.93. The molecule has 1 aliphatic carbocycles. The molecule has 1 aromatic heterocycles. The molecule has 0 aliphatic heterocycles. The van der Waals surface area contributed by atoms with Gasteiger partial charge in [-0.3, -0.25) is 0 Å². The van der Waals surface area contributed by atoms with Gasteiger partial charge in [-0.05, 0) is 50.7 Å². The number of anilines is 1. The largest absolute Gasteiger partial charge is 0.396 e. The summed E-state index contributed by atoms with van der Waals surface area (Å²) < 4.78 is 0. The minimum atomic E-state index is 0.325. The summed E-state index contributed by atoms with van der Waals surface area (Å²) in [4.78, 5) is 11.2. The predicted molar refractivity (Wildman–Crippen MR) is 85.5 cm³/mol. The first-order valence-electron chi connectivity index (χ1n) is 7.74. The van der Waals surface area contributed by atoms with Crippen LogP contribution in [0.2, 0.25) is 0 Å². The summed E-state index contributed by atoms with van der Waals surface area (Å²) >= 11 is 0. The summed E-state index contributed by atoms with van der Waals surface area (Å²) in [5, 5.41) is 10.4. The van der Waals surface area contributed by atoms with Gasteiger partial charge in [0.15, 0.2) is 0 Å². The Bertz CT molecular complexity index is 620. The molecule has 0 amide bonds. The smallest absolute Gasteiger partial charge is 0.139 e. The number of hydrogen-bond donors (Lipinski definition) is 1. The van der Waals surface area contributed by atoms with E-state index in [4.69, 9.17) is 0 Å². The Kier molecular flexibility index (Phi) is 4.06. The van der Waals surface area contributed by atoms with Gasteiger partial charge in [-0.1, -0.05) is 11.6 Å². The lowest BCUT2D eigenvalue weighted by Gasteiger charge is -2.35. The Morgan fingerprint density at radius 3 is 2.67 bits per heavy atom.